The van der Waals surface area contributed by atoms with Crippen LogP contribution in [0.4, 0.5) is 0 Å². The van der Waals surface area contributed by atoms with Gasteiger partial charge in [-0.2, -0.15) is 0 Å². The molecule has 0 bridgehead atoms. The summed E-state index contributed by atoms with van der Waals surface area (Å²) in [5.74, 6) is -0.592. The number of nitrogens with one attached hydrogen (secondary N) is 1. The van der Waals surface area contributed by atoms with Gasteiger partial charge >= 0.3 is 5.69 Å². The fourth-order valence-electron chi connectivity index (χ4n) is 3.93. The molecule has 3 heterocycles. The summed E-state index contributed by atoms with van der Waals surface area (Å²) in [4.78, 5) is 39.0. The highest BCUT2D eigenvalue weighted by Gasteiger charge is 2.33. The predicted molar refractivity (Wildman–Crippen MR) is 111 cm³/mol. The minimum atomic E-state index is -0.377. The second-order valence-electron chi connectivity index (χ2n) is 7.58. The molecule has 1 saturated heterocycles. The molecule has 1 aliphatic heterocycles. The lowest BCUT2D eigenvalue weighted by molar-refractivity contribution is -0.129. The number of para-hydroxylation sites is 1. The fourth-order valence-corrected chi connectivity index (χ4v) is 3.93. The first-order valence-electron chi connectivity index (χ1n) is 10.0. The van der Waals surface area contributed by atoms with E-state index in [4.69, 9.17) is 4.74 Å². The molecule has 2 amide bonds. The van der Waals surface area contributed by atoms with Gasteiger partial charge < -0.3 is 15.0 Å². The highest BCUT2D eigenvalue weighted by atomic mass is 16.5. The van der Waals surface area contributed by atoms with Crippen molar-refractivity contribution in [2.75, 3.05) is 33.4 Å². The number of rotatable bonds is 7. The minimum absolute atomic E-state index is 0.0360. The molecular weight excluding hydrogens is 386 g/mol. The number of hydrogen-bond acceptors (Lipinski definition) is 5. The van der Waals surface area contributed by atoms with Crippen LogP contribution >= 0.6 is 0 Å². The molecule has 4 rings (SSSR count). The van der Waals surface area contributed by atoms with Crippen LogP contribution in [0, 0.1) is 12.8 Å². The van der Waals surface area contributed by atoms with Crippen molar-refractivity contribution in [3.05, 3.63) is 46.4 Å². The summed E-state index contributed by atoms with van der Waals surface area (Å²) < 4.78 is 7.98. The Kier molecular flexibility index (Phi) is 5.54. The third kappa shape index (κ3) is 3.68. The summed E-state index contributed by atoms with van der Waals surface area (Å²) in [5, 5.41) is 8.26. The van der Waals surface area contributed by atoms with E-state index in [0.717, 1.165) is 16.5 Å². The normalized spacial score (nSPS) is 16.7. The standard InChI is InChI=1S/C21H25N5O4/c1-14-11-15-5-3-4-6-17(15)26-19(14)23-25(21(26)29)8-7-22-20(28)16-12-18(27)24(13-16)9-10-30-2/h3-6,11,16H,7-10,12-13H2,1-2H3,(H,22,28)/t16-/m1/s1. The van der Waals surface area contributed by atoms with E-state index in [1.165, 1.54) is 4.68 Å². The zero-order chi connectivity index (χ0) is 21.3. The van der Waals surface area contributed by atoms with Gasteiger partial charge in [0.05, 0.1) is 24.6 Å². The predicted octanol–water partition coefficient (Wildman–Crippen LogP) is 0.569. The van der Waals surface area contributed by atoms with Gasteiger partial charge in [0.1, 0.15) is 0 Å². The highest BCUT2D eigenvalue weighted by molar-refractivity contribution is 5.89. The number of carbonyl (C=O) groups excluding carboxylic acids is 2. The molecule has 1 aliphatic rings. The molecule has 0 aliphatic carbocycles. The Hall–Kier alpha value is -3.20. The maximum Gasteiger partial charge on any atom is 0.350 e. The van der Waals surface area contributed by atoms with Gasteiger partial charge in [-0.15, -0.1) is 5.10 Å². The molecule has 1 atom stereocenters. The lowest BCUT2D eigenvalue weighted by atomic mass is 10.1. The van der Waals surface area contributed by atoms with Crippen molar-refractivity contribution in [1.82, 2.24) is 24.4 Å². The molecule has 1 aromatic carbocycles. The Balaban J connectivity index is 1.43. The molecule has 30 heavy (non-hydrogen) atoms. The number of amides is 2. The number of ether oxygens (including phenoxy) is 1. The van der Waals surface area contributed by atoms with E-state index >= 15 is 0 Å². The Morgan fingerprint density at radius 1 is 1.27 bits per heavy atom. The van der Waals surface area contributed by atoms with E-state index in [1.54, 1.807) is 16.4 Å². The largest absolute Gasteiger partial charge is 0.383 e. The average Bonchev–Trinajstić information content (AvgIpc) is 3.27. The van der Waals surface area contributed by atoms with Crippen LogP contribution in [-0.2, 0) is 20.9 Å². The van der Waals surface area contributed by atoms with Gasteiger partial charge in [-0.1, -0.05) is 18.2 Å². The molecule has 0 saturated carbocycles. The smallest absolute Gasteiger partial charge is 0.350 e. The van der Waals surface area contributed by atoms with Crippen LogP contribution in [0.3, 0.4) is 0 Å². The number of hydrogen-bond donors (Lipinski definition) is 1. The molecule has 9 heteroatoms. The number of nitrogens with zero attached hydrogens (tertiary/aromatic N) is 4. The van der Waals surface area contributed by atoms with Crippen LogP contribution in [0.5, 0.6) is 0 Å². The van der Waals surface area contributed by atoms with Crippen molar-refractivity contribution in [3.63, 3.8) is 0 Å². The van der Waals surface area contributed by atoms with Gasteiger partial charge in [-0.25, -0.2) is 13.9 Å². The monoisotopic (exact) mass is 411 g/mol. The Labute approximate surface area is 173 Å². The quantitative estimate of drug-likeness (QED) is 0.613. The van der Waals surface area contributed by atoms with Crippen LogP contribution in [0.15, 0.2) is 35.1 Å². The molecule has 2 aromatic heterocycles. The topological polar surface area (TPSA) is 97.9 Å². The molecule has 1 N–H and O–H groups in total. The summed E-state index contributed by atoms with van der Waals surface area (Å²) >= 11 is 0. The number of methoxy groups -OCH3 is 1. The summed E-state index contributed by atoms with van der Waals surface area (Å²) in [6, 6.07) is 9.69. The van der Waals surface area contributed by atoms with Gasteiger partial charge in [0.2, 0.25) is 11.8 Å². The van der Waals surface area contributed by atoms with Crippen molar-refractivity contribution in [2.24, 2.45) is 5.92 Å². The number of aromatic nitrogens is 3. The van der Waals surface area contributed by atoms with E-state index in [1.807, 2.05) is 37.3 Å². The number of likely N-dealkylation sites (tertiary alicyclic amines) is 1. The maximum atomic E-state index is 12.9. The fraction of sp³-hybridized carbons (Fsp3) is 0.429. The van der Waals surface area contributed by atoms with Crippen molar-refractivity contribution >= 4 is 28.4 Å². The van der Waals surface area contributed by atoms with Gasteiger partial charge in [-0.3, -0.25) is 9.59 Å². The SMILES string of the molecule is COCCN1C[C@H](C(=O)NCCn2nc3c(C)cc4ccccc4n3c2=O)CC1=O. The molecule has 0 spiro atoms. The number of benzene rings is 1. The third-order valence-electron chi connectivity index (χ3n) is 5.52. The van der Waals surface area contributed by atoms with Gasteiger partial charge in [0.15, 0.2) is 5.65 Å². The third-order valence-corrected chi connectivity index (χ3v) is 5.52. The summed E-state index contributed by atoms with van der Waals surface area (Å²) in [5.41, 5.74) is 2.09. The highest BCUT2D eigenvalue weighted by Crippen LogP contribution is 2.18. The number of carbonyl (C=O) groups is 2. The Bertz CT molecular complexity index is 1170. The van der Waals surface area contributed by atoms with Crippen LogP contribution in [0.25, 0.3) is 16.6 Å². The van der Waals surface area contributed by atoms with Gasteiger partial charge in [-0.05, 0) is 30.0 Å². The molecule has 158 valence electrons. The summed E-state index contributed by atoms with van der Waals surface area (Å²) in [7, 11) is 1.58. The van der Waals surface area contributed by atoms with E-state index in [-0.39, 0.29) is 42.9 Å². The lowest BCUT2D eigenvalue weighted by Crippen LogP contribution is -2.36. The summed E-state index contributed by atoms with van der Waals surface area (Å²) in [6.07, 6.45) is 0.203. The first-order valence-corrected chi connectivity index (χ1v) is 10.0. The molecule has 0 unspecified atom stereocenters. The molecule has 0 radical (unpaired) electrons. The van der Waals surface area contributed by atoms with E-state index in [0.29, 0.717) is 25.3 Å². The first-order chi connectivity index (χ1) is 14.5. The van der Waals surface area contributed by atoms with Crippen LogP contribution in [0.1, 0.15) is 12.0 Å². The molecule has 9 nitrogen and oxygen atoms in total. The lowest BCUT2D eigenvalue weighted by Gasteiger charge is -2.15. The zero-order valence-corrected chi connectivity index (χ0v) is 17.1. The summed E-state index contributed by atoms with van der Waals surface area (Å²) in [6.45, 7) is 3.78. The van der Waals surface area contributed by atoms with Crippen LogP contribution in [0.2, 0.25) is 0 Å². The number of aryl methyl sites for hydroxylation is 1. The minimum Gasteiger partial charge on any atom is -0.383 e. The molecule has 3 aromatic rings. The van der Waals surface area contributed by atoms with Crippen LogP contribution in [-0.4, -0.2) is 64.2 Å². The van der Waals surface area contributed by atoms with E-state index in [2.05, 4.69) is 10.4 Å². The van der Waals surface area contributed by atoms with Crippen molar-refractivity contribution < 1.29 is 14.3 Å². The van der Waals surface area contributed by atoms with E-state index < -0.39 is 0 Å². The second kappa shape index (κ2) is 8.27. The average molecular weight is 411 g/mol. The molecule has 1 fully saturated rings. The van der Waals surface area contributed by atoms with Crippen molar-refractivity contribution in [3.8, 4) is 0 Å². The van der Waals surface area contributed by atoms with Gasteiger partial charge in [0, 0.05) is 33.2 Å². The van der Waals surface area contributed by atoms with Crippen molar-refractivity contribution in [1.29, 1.82) is 0 Å². The van der Waals surface area contributed by atoms with Gasteiger partial charge in [0.25, 0.3) is 0 Å². The Morgan fingerprint density at radius 3 is 2.87 bits per heavy atom. The first kappa shape index (κ1) is 20.1. The second-order valence-corrected chi connectivity index (χ2v) is 7.58. The van der Waals surface area contributed by atoms with Crippen molar-refractivity contribution in [2.45, 2.75) is 19.9 Å². The van der Waals surface area contributed by atoms with E-state index in [9.17, 15) is 14.4 Å². The number of pyridine rings is 1. The Morgan fingerprint density at radius 2 is 2.07 bits per heavy atom. The maximum absolute atomic E-state index is 12.9. The molecular formula is C21H25N5O4. The van der Waals surface area contributed by atoms with Crippen LogP contribution < -0.4 is 11.0 Å². The zero-order valence-electron chi connectivity index (χ0n) is 17.1. The number of fused-ring (bicyclic) bond motifs is 3.